The molecule has 3 rings (SSSR count). The standard InChI is InChI=1S/C19H16N2O7S/c1-21-17(23)14-7-6-12(9-15(14)18(21)24)20-16(22)10-28-19(25)11-4-3-5-13(8-11)29(2,26)27/h3-9H,10H2,1-2H3,(H,20,22). The van der Waals surface area contributed by atoms with Gasteiger partial charge in [0.15, 0.2) is 16.4 Å². The van der Waals surface area contributed by atoms with Crippen molar-refractivity contribution in [1.82, 2.24) is 4.90 Å². The maximum absolute atomic E-state index is 12.1. The third-order valence-electron chi connectivity index (χ3n) is 4.21. The lowest BCUT2D eigenvalue weighted by molar-refractivity contribution is -0.119. The van der Waals surface area contributed by atoms with Crippen molar-refractivity contribution in [1.29, 1.82) is 0 Å². The number of hydrogen-bond acceptors (Lipinski definition) is 7. The molecule has 1 aliphatic rings. The predicted octanol–water partition coefficient (Wildman–Crippen LogP) is 1.11. The van der Waals surface area contributed by atoms with Crippen LogP contribution < -0.4 is 5.32 Å². The Hall–Kier alpha value is -3.53. The van der Waals surface area contributed by atoms with Gasteiger partial charge in [0.2, 0.25) is 0 Å². The lowest BCUT2D eigenvalue weighted by atomic mass is 10.1. The Balaban J connectivity index is 1.63. The topological polar surface area (TPSA) is 127 Å². The Morgan fingerprint density at radius 3 is 2.41 bits per heavy atom. The zero-order valence-corrected chi connectivity index (χ0v) is 16.3. The van der Waals surface area contributed by atoms with Crippen LogP contribution in [0.5, 0.6) is 0 Å². The maximum atomic E-state index is 12.1. The number of imide groups is 1. The minimum Gasteiger partial charge on any atom is -0.452 e. The van der Waals surface area contributed by atoms with Crippen LogP contribution in [-0.4, -0.2) is 56.9 Å². The molecule has 3 amide bonds. The fourth-order valence-corrected chi connectivity index (χ4v) is 3.37. The molecule has 10 heteroatoms. The average molecular weight is 416 g/mol. The number of benzene rings is 2. The molecule has 0 aromatic heterocycles. The molecule has 1 N–H and O–H groups in total. The smallest absolute Gasteiger partial charge is 0.338 e. The van der Waals surface area contributed by atoms with Crippen LogP contribution in [-0.2, 0) is 19.4 Å². The quantitative estimate of drug-likeness (QED) is 0.571. The van der Waals surface area contributed by atoms with E-state index in [9.17, 15) is 27.6 Å². The second-order valence-corrected chi connectivity index (χ2v) is 8.37. The normalized spacial score (nSPS) is 13.2. The van der Waals surface area contributed by atoms with Gasteiger partial charge in [-0.2, -0.15) is 0 Å². The summed E-state index contributed by atoms with van der Waals surface area (Å²) in [4.78, 5) is 48.9. The number of esters is 1. The molecule has 0 saturated heterocycles. The van der Waals surface area contributed by atoms with Gasteiger partial charge in [0.05, 0.1) is 21.6 Å². The molecule has 1 aliphatic heterocycles. The summed E-state index contributed by atoms with van der Waals surface area (Å²) in [6.07, 6.45) is 1.01. The zero-order valence-electron chi connectivity index (χ0n) is 15.5. The highest BCUT2D eigenvalue weighted by Gasteiger charge is 2.32. The van der Waals surface area contributed by atoms with Crippen LogP contribution >= 0.6 is 0 Å². The van der Waals surface area contributed by atoms with Gasteiger partial charge in [-0.25, -0.2) is 13.2 Å². The van der Waals surface area contributed by atoms with Crippen molar-refractivity contribution in [2.45, 2.75) is 4.90 Å². The number of sulfone groups is 1. The molecule has 2 aromatic rings. The first kappa shape index (κ1) is 20.2. The van der Waals surface area contributed by atoms with Crippen LogP contribution in [0.25, 0.3) is 0 Å². The predicted molar refractivity (Wildman–Crippen MR) is 101 cm³/mol. The second-order valence-electron chi connectivity index (χ2n) is 6.35. The SMILES string of the molecule is CN1C(=O)c2ccc(NC(=O)COC(=O)c3cccc(S(C)(=O)=O)c3)cc2C1=O. The summed E-state index contributed by atoms with van der Waals surface area (Å²) in [6, 6.07) is 9.52. The number of carbonyl (C=O) groups excluding carboxylic acids is 4. The van der Waals surface area contributed by atoms with Gasteiger partial charge in [0, 0.05) is 19.0 Å². The Kier molecular flexibility index (Phi) is 5.21. The molecule has 0 fully saturated rings. The lowest BCUT2D eigenvalue weighted by Gasteiger charge is -2.08. The molecule has 29 heavy (non-hydrogen) atoms. The molecule has 0 bridgehead atoms. The highest BCUT2D eigenvalue weighted by molar-refractivity contribution is 7.90. The van der Waals surface area contributed by atoms with Gasteiger partial charge in [-0.1, -0.05) is 6.07 Å². The van der Waals surface area contributed by atoms with Gasteiger partial charge >= 0.3 is 5.97 Å². The van der Waals surface area contributed by atoms with E-state index in [2.05, 4.69) is 5.32 Å². The highest BCUT2D eigenvalue weighted by atomic mass is 32.2. The van der Waals surface area contributed by atoms with E-state index < -0.39 is 40.1 Å². The number of anilines is 1. The number of hydrogen-bond donors (Lipinski definition) is 1. The maximum Gasteiger partial charge on any atom is 0.338 e. The summed E-state index contributed by atoms with van der Waals surface area (Å²) in [7, 11) is -2.13. The van der Waals surface area contributed by atoms with E-state index in [0.29, 0.717) is 0 Å². The van der Waals surface area contributed by atoms with Gasteiger partial charge < -0.3 is 10.1 Å². The molecule has 0 aliphatic carbocycles. The van der Waals surface area contributed by atoms with Gasteiger partial charge in [0.1, 0.15) is 0 Å². The molecule has 0 saturated carbocycles. The number of carbonyl (C=O) groups is 4. The van der Waals surface area contributed by atoms with Crippen LogP contribution in [0.2, 0.25) is 0 Å². The van der Waals surface area contributed by atoms with Crippen LogP contribution in [0.4, 0.5) is 5.69 Å². The van der Waals surface area contributed by atoms with Crippen molar-refractivity contribution >= 4 is 39.2 Å². The summed E-state index contributed by atoms with van der Waals surface area (Å²) in [5.74, 6) is -2.42. The molecule has 0 spiro atoms. The monoisotopic (exact) mass is 416 g/mol. The van der Waals surface area contributed by atoms with Crippen molar-refractivity contribution in [2.24, 2.45) is 0 Å². The molecule has 0 radical (unpaired) electrons. The minimum absolute atomic E-state index is 0.00889. The van der Waals surface area contributed by atoms with Gasteiger partial charge in [-0.15, -0.1) is 0 Å². The Labute approximate surface area is 166 Å². The van der Waals surface area contributed by atoms with Crippen molar-refractivity contribution in [3.63, 3.8) is 0 Å². The first-order chi connectivity index (χ1) is 13.6. The third kappa shape index (κ3) is 4.16. The van der Waals surface area contributed by atoms with Crippen molar-refractivity contribution in [3.8, 4) is 0 Å². The van der Waals surface area contributed by atoms with E-state index in [-0.39, 0.29) is 27.3 Å². The number of fused-ring (bicyclic) bond motifs is 1. The number of rotatable bonds is 5. The van der Waals surface area contributed by atoms with Crippen molar-refractivity contribution in [2.75, 3.05) is 25.2 Å². The van der Waals surface area contributed by atoms with E-state index in [1.165, 1.54) is 43.4 Å². The highest BCUT2D eigenvalue weighted by Crippen LogP contribution is 2.24. The van der Waals surface area contributed by atoms with E-state index in [4.69, 9.17) is 4.74 Å². The summed E-state index contributed by atoms with van der Waals surface area (Å²) >= 11 is 0. The number of nitrogens with zero attached hydrogens (tertiary/aromatic N) is 1. The average Bonchev–Trinajstić information content (AvgIpc) is 2.89. The molecule has 1 heterocycles. The fraction of sp³-hybridized carbons (Fsp3) is 0.158. The summed E-state index contributed by atoms with van der Waals surface area (Å²) in [5, 5.41) is 2.47. The Morgan fingerprint density at radius 2 is 1.72 bits per heavy atom. The summed E-state index contributed by atoms with van der Waals surface area (Å²) < 4.78 is 28.0. The molecule has 150 valence electrons. The van der Waals surface area contributed by atoms with E-state index >= 15 is 0 Å². The molecule has 0 atom stereocenters. The first-order valence-electron chi connectivity index (χ1n) is 8.31. The van der Waals surface area contributed by atoms with Crippen LogP contribution in [0.15, 0.2) is 47.4 Å². The Morgan fingerprint density at radius 1 is 1.03 bits per heavy atom. The van der Waals surface area contributed by atoms with Gasteiger partial charge in [-0.3, -0.25) is 19.3 Å². The second kappa shape index (κ2) is 7.47. The molecule has 2 aromatic carbocycles. The summed E-state index contributed by atoms with van der Waals surface area (Å²) in [6.45, 7) is -0.619. The zero-order chi connectivity index (χ0) is 21.3. The van der Waals surface area contributed by atoms with Gasteiger partial charge in [-0.05, 0) is 36.4 Å². The van der Waals surface area contributed by atoms with E-state index in [1.807, 2.05) is 0 Å². The third-order valence-corrected chi connectivity index (χ3v) is 5.32. The molecular formula is C19H16N2O7S. The number of nitrogens with one attached hydrogen (secondary N) is 1. The molecule has 9 nitrogen and oxygen atoms in total. The van der Waals surface area contributed by atoms with Crippen LogP contribution in [0, 0.1) is 0 Å². The number of ether oxygens (including phenoxy) is 1. The Bertz CT molecular complexity index is 1150. The van der Waals surface area contributed by atoms with E-state index in [1.54, 1.807) is 0 Å². The first-order valence-corrected chi connectivity index (χ1v) is 10.2. The molecular weight excluding hydrogens is 400 g/mol. The fourth-order valence-electron chi connectivity index (χ4n) is 2.70. The number of amides is 3. The van der Waals surface area contributed by atoms with E-state index in [0.717, 1.165) is 17.2 Å². The van der Waals surface area contributed by atoms with Crippen LogP contribution in [0.3, 0.4) is 0 Å². The summed E-state index contributed by atoms with van der Waals surface area (Å²) in [5.41, 5.74) is 0.670. The lowest BCUT2D eigenvalue weighted by Crippen LogP contribution is -2.24. The van der Waals surface area contributed by atoms with Crippen molar-refractivity contribution in [3.05, 3.63) is 59.2 Å². The molecule has 0 unspecified atom stereocenters. The van der Waals surface area contributed by atoms with Crippen LogP contribution in [0.1, 0.15) is 31.1 Å². The van der Waals surface area contributed by atoms with Gasteiger partial charge in [0.25, 0.3) is 17.7 Å². The van der Waals surface area contributed by atoms with Crippen molar-refractivity contribution < 1.29 is 32.3 Å². The minimum atomic E-state index is -3.49. The largest absolute Gasteiger partial charge is 0.452 e.